The molecule has 1 rings (SSSR count). The molecule has 0 aliphatic carbocycles. The highest BCUT2D eigenvalue weighted by molar-refractivity contribution is 4.95. The van der Waals surface area contributed by atoms with E-state index in [2.05, 4.69) is 18.5 Å². The fourth-order valence-electron chi connectivity index (χ4n) is 1.51. The van der Waals surface area contributed by atoms with E-state index in [1.807, 2.05) is 14.1 Å². The maximum atomic E-state index is 5.39. The molecular weight excluding hydrogens is 152 g/mol. The zero-order valence-corrected chi connectivity index (χ0v) is 8.21. The van der Waals surface area contributed by atoms with E-state index in [4.69, 9.17) is 4.84 Å². The van der Waals surface area contributed by atoms with Crippen LogP contribution in [-0.2, 0) is 4.84 Å². The summed E-state index contributed by atoms with van der Waals surface area (Å²) in [5.41, 5.74) is 0. The average Bonchev–Trinajstić information content (AvgIpc) is 2.34. The molecule has 3 heteroatoms. The summed E-state index contributed by atoms with van der Waals surface area (Å²) in [6.45, 7) is 6.15. The lowest BCUT2D eigenvalue weighted by Crippen LogP contribution is -2.19. The molecule has 1 aliphatic heterocycles. The Balaban J connectivity index is 2.33. The third-order valence-corrected chi connectivity index (χ3v) is 2.15. The van der Waals surface area contributed by atoms with E-state index in [-0.39, 0.29) is 0 Å². The highest BCUT2D eigenvalue weighted by atomic mass is 16.7. The lowest BCUT2D eigenvalue weighted by Gasteiger charge is -2.18. The van der Waals surface area contributed by atoms with Crippen molar-refractivity contribution < 1.29 is 4.84 Å². The van der Waals surface area contributed by atoms with Gasteiger partial charge in [-0.1, -0.05) is 6.58 Å². The highest BCUT2D eigenvalue weighted by Gasteiger charge is 2.23. The van der Waals surface area contributed by atoms with Crippen LogP contribution in [0.1, 0.15) is 6.42 Å². The summed E-state index contributed by atoms with van der Waals surface area (Å²) in [4.78, 5) is 7.70. The maximum absolute atomic E-state index is 5.39. The molecule has 1 atom stereocenters. The summed E-state index contributed by atoms with van der Waals surface area (Å²) in [7, 11) is 5.89. The van der Waals surface area contributed by atoms with Crippen molar-refractivity contribution in [3.8, 4) is 0 Å². The highest BCUT2D eigenvalue weighted by Crippen LogP contribution is 2.22. The zero-order valence-electron chi connectivity index (χ0n) is 8.21. The van der Waals surface area contributed by atoms with E-state index in [0.717, 1.165) is 18.8 Å². The number of likely N-dealkylation sites (tertiary alicyclic amines) is 1. The van der Waals surface area contributed by atoms with Gasteiger partial charge in [0.25, 0.3) is 0 Å². The Kier molecular flexibility index (Phi) is 3.12. The molecule has 0 spiro atoms. The lowest BCUT2D eigenvalue weighted by atomic mass is 10.1. The predicted molar refractivity (Wildman–Crippen MR) is 49.5 cm³/mol. The van der Waals surface area contributed by atoms with Gasteiger partial charge in [-0.2, -0.15) is 5.06 Å². The fraction of sp³-hybridized carbons (Fsp3) is 0.778. The first kappa shape index (κ1) is 9.55. The second-order valence-corrected chi connectivity index (χ2v) is 3.62. The van der Waals surface area contributed by atoms with Crippen molar-refractivity contribution in [2.24, 2.45) is 5.92 Å². The molecular formula is C9H18N2O. The van der Waals surface area contributed by atoms with Crippen molar-refractivity contribution in [1.29, 1.82) is 0 Å². The van der Waals surface area contributed by atoms with Crippen molar-refractivity contribution in [1.82, 2.24) is 9.96 Å². The van der Waals surface area contributed by atoms with Gasteiger partial charge >= 0.3 is 0 Å². The molecule has 0 unspecified atom stereocenters. The number of rotatable bonds is 3. The first-order valence-corrected chi connectivity index (χ1v) is 4.32. The third kappa shape index (κ3) is 2.50. The molecule has 0 aromatic heterocycles. The van der Waals surface area contributed by atoms with Crippen molar-refractivity contribution in [2.75, 3.05) is 34.2 Å². The van der Waals surface area contributed by atoms with Crippen LogP contribution >= 0.6 is 0 Å². The number of nitrogens with zero attached hydrogens (tertiary/aromatic N) is 2. The number of hydrogen-bond donors (Lipinski definition) is 0. The van der Waals surface area contributed by atoms with Gasteiger partial charge < -0.3 is 9.74 Å². The van der Waals surface area contributed by atoms with Crippen molar-refractivity contribution in [3.63, 3.8) is 0 Å². The van der Waals surface area contributed by atoms with Gasteiger partial charge in [-0.05, 0) is 20.0 Å². The van der Waals surface area contributed by atoms with Crippen molar-refractivity contribution in [3.05, 3.63) is 12.3 Å². The van der Waals surface area contributed by atoms with Gasteiger partial charge in [0.2, 0.25) is 0 Å². The Morgan fingerprint density at radius 2 is 2.25 bits per heavy atom. The predicted octanol–water partition coefficient (Wildman–Crippen LogP) is 0.945. The van der Waals surface area contributed by atoms with Crippen LogP contribution in [0.25, 0.3) is 0 Å². The molecule has 0 aromatic carbocycles. The summed E-state index contributed by atoms with van der Waals surface area (Å²) in [6, 6.07) is 0. The van der Waals surface area contributed by atoms with E-state index >= 15 is 0 Å². The van der Waals surface area contributed by atoms with Gasteiger partial charge in [-0.3, -0.25) is 0 Å². The quantitative estimate of drug-likeness (QED) is 0.463. The van der Waals surface area contributed by atoms with E-state index in [0.29, 0.717) is 5.92 Å². The molecule has 0 saturated carbocycles. The summed E-state index contributed by atoms with van der Waals surface area (Å²) in [6.07, 6.45) is 1.17. The standard InChI is InChI=1S/C9H18N2O/c1-8(12-10(2)3)9-5-6-11(4)7-9/h9H,1,5-7H2,2-4H3/t9-/m0/s1. The van der Waals surface area contributed by atoms with Crippen LogP contribution in [0.4, 0.5) is 0 Å². The largest absolute Gasteiger partial charge is 0.411 e. The molecule has 0 radical (unpaired) electrons. The SMILES string of the molecule is C=C(ON(C)C)[C@H]1CCN(C)C1. The smallest absolute Gasteiger partial charge is 0.121 e. The van der Waals surface area contributed by atoms with Crippen molar-refractivity contribution >= 4 is 0 Å². The molecule has 12 heavy (non-hydrogen) atoms. The molecule has 3 nitrogen and oxygen atoms in total. The van der Waals surface area contributed by atoms with Crippen LogP contribution < -0.4 is 0 Å². The molecule has 0 aromatic rings. The Hall–Kier alpha value is -0.540. The van der Waals surface area contributed by atoms with Gasteiger partial charge in [0, 0.05) is 26.6 Å². The summed E-state index contributed by atoms with van der Waals surface area (Å²) in [5, 5.41) is 1.70. The minimum Gasteiger partial charge on any atom is -0.411 e. The minimum absolute atomic E-state index is 0.511. The Morgan fingerprint density at radius 1 is 1.58 bits per heavy atom. The van der Waals surface area contributed by atoms with E-state index in [1.165, 1.54) is 6.42 Å². The van der Waals surface area contributed by atoms with E-state index in [9.17, 15) is 0 Å². The molecule has 70 valence electrons. The number of hydrogen-bond acceptors (Lipinski definition) is 3. The first-order valence-electron chi connectivity index (χ1n) is 4.32. The fourth-order valence-corrected chi connectivity index (χ4v) is 1.51. The van der Waals surface area contributed by atoms with Gasteiger partial charge in [0.15, 0.2) is 0 Å². The maximum Gasteiger partial charge on any atom is 0.121 e. The van der Waals surface area contributed by atoms with E-state index < -0.39 is 0 Å². The molecule has 0 bridgehead atoms. The van der Waals surface area contributed by atoms with Crippen LogP contribution in [0.2, 0.25) is 0 Å². The van der Waals surface area contributed by atoms with Crippen molar-refractivity contribution in [2.45, 2.75) is 6.42 Å². The van der Waals surface area contributed by atoms with Crippen LogP contribution in [0, 0.1) is 5.92 Å². The average molecular weight is 170 g/mol. The van der Waals surface area contributed by atoms with Crippen LogP contribution in [0.5, 0.6) is 0 Å². The molecule has 0 amide bonds. The van der Waals surface area contributed by atoms with Gasteiger partial charge in [-0.25, -0.2) is 0 Å². The Labute approximate surface area is 74.6 Å². The topological polar surface area (TPSA) is 15.7 Å². The van der Waals surface area contributed by atoms with Gasteiger partial charge in [0.05, 0.1) is 0 Å². The minimum atomic E-state index is 0.511. The Morgan fingerprint density at radius 3 is 2.67 bits per heavy atom. The van der Waals surface area contributed by atoms with Gasteiger partial charge in [0.1, 0.15) is 5.76 Å². The summed E-state index contributed by atoms with van der Waals surface area (Å²) >= 11 is 0. The van der Waals surface area contributed by atoms with Crippen LogP contribution in [-0.4, -0.2) is 44.2 Å². The van der Waals surface area contributed by atoms with Crippen LogP contribution in [0.3, 0.4) is 0 Å². The second-order valence-electron chi connectivity index (χ2n) is 3.62. The molecule has 1 saturated heterocycles. The molecule has 1 fully saturated rings. The van der Waals surface area contributed by atoms with Crippen LogP contribution in [0.15, 0.2) is 12.3 Å². The number of hydroxylamine groups is 2. The summed E-state index contributed by atoms with van der Waals surface area (Å²) in [5.74, 6) is 1.40. The zero-order chi connectivity index (χ0) is 9.14. The molecule has 0 N–H and O–H groups in total. The normalized spacial score (nSPS) is 24.8. The molecule has 1 heterocycles. The third-order valence-electron chi connectivity index (χ3n) is 2.15. The Bertz CT molecular complexity index is 168. The monoisotopic (exact) mass is 170 g/mol. The second kappa shape index (κ2) is 3.92. The first-order chi connectivity index (χ1) is 5.59. The van der Waals surface area contributed by atoms with Gasteiger partial charge in [-0.15, -0.1) is 0 Å². The lowest BCUT2D eigenvalue weighted by molar-refractivity contribution is -0.0839. The molecule has 1 aliphatic rings. The summed E-state index contributed by atoms with van der Waals surface area (Å²) < 4.78 is 0. The van der Waals surface area contributed by atoms with E-state index in [1.54, 1.807) is 5.06 Å².